The predicted molar refractivity (Wildman–Crippen MR) is 156 cm³/mol. The van der Waals surface area contributed by atoms with Crippen LogP contribution in [0.1, 0.15) is 167 Å². The van der Waals surface area contributed by atoms with E-state index in [0.717, 1.165) is 12.1 Å². The quantitative estimate of drug-likeness (QED) is 0.130. The number of para-hydroxylation sites is 1. The van der Waals surface area contributed by atoms with Crippen LogP contribution in [0.15, 0.2) is 30.3 Å². The minimum atomic E-state index is 0.148. The van der Waals surface area contributed by atoms with Crippen molar-refractivity contribution in [1.82, 2.24) is 0 Å². The fraction of sp³-hybridized carbons (Fsp3) is 0.788. The van der Waals surface area contributed by atoms with Crippen molar-refractivity contribution in [2.24, 2.45) is 0 Å². The maximum Gasteiger partial charge on any atom is 0.224 e. The topological polar surface area (TPSA) is 29.1 Å². The van der Waals surface area contributed by atoms with Crippen LogP contribution in [0.25, 0.3) is 0 Å². The van der Waals surface area contributed by atoms with E-state index >= 15 is 0 Å². The van der Waals surface area contributed by atoms with Gasteiger partial charge in [-0.2, -0.15) is 0 Å². The molecule has 0 heterocycles. The molecule has 0 bridgehead atoms. The lowest BCUT2D eigenvalue weighted by atomic mass is 10.0. The molecule has 1 aromatic rings. The fourth-order valence-corrected chi connectivity index (χ4v) is 4.99. The SMILES string of the molecule is CCCCCCCCCCCCCCCCCCCCCCCCCCC(=O)Nc1ccccc1. The lowest BCUT2D eigenvalue weighted by Crippen LogP contribution is -2.10. The Kier molecular flexibility index (Phi) is 23.4. The van der Waals surface area contributed by atoms with Crippen LogP contribution in [0.3, 0.4) is 0 Å². The number of hydrogen-bond acceptors (Lipinski definition) is 1. The van der Waals surface area contributed by atoms with Gasteiger partial charge in [0.15, 0.2) is 0 Å². The molecular weight excluding hydrogens is 426 g/mol. The van der Waals surface area contributed by atoms with E-state index in [0.29, 0.717) is 6.42 Å². The first kappa shape index (κ1) is 31.7. The molecule has 1 aromatic carbocycles. The van der Waals surface area contributed by atoms with Gasteiger partial charge in [-0.1, -0.05) is 173 Å². The molecule has 0 spiro atoms. The van der Waals surface area contributed by atoms with Gasteiger partial charge < -0.3 is 5.32 Å². The third-order valence-electron chi connectivity index (χ3n) is 7.31. The lowest BCUT2D eigenvalue weighted by molar-refractivity contribution is -0.116. The van der Waals surface area contributed by atoms with Crippen LogP contribution in [0.5, 0.6) is 0 Å². The minimum absolute atomic E-state index is 0.148. The number of carbonyl (C=O) groups is 1. The number of benzene rings is 1. The number of rotatable bonds is 26. The zero-order valence-electron chi connectivity index (χ0n) is 23.5. The van der Waals surface area contributed by atoms with Gasteiger partial charge in [0.25, 0.3) is 0 Å². The molecular formula is C33H59NO. The molecule has 2 heteroatoms. The first-order valence-corrected chi connectivity index (χ1v) is 15.7. The number of nitrogens with one attached hydrogen (secondary N) is 1. The van der Waals surface area contributed by atoms with Gasteiger partial charge >= 0.3 is 0 Å². The van der Waals surface area contributed by atoms with Crippen molar-refractivity contribution >= 4 is 11.6 Å². The van der Waals surface area contributed by atoms with Crippen LogP contribution < -0.4 is 5.32 Å². The molecule has 0 saturated carbocycles. The van der Waals surface area contributed by atoms with Crippen molar-refractivity contribution in [3.63, 3.8) is 0 Å². The van der Waals surface area contributed by atoms with Gasteiger partial charge in [-0.3, -0.25) is 4.79 Å². The van der Waals surface area contributed by atoms with E-state index in [2.05, 4.69) is 12.2 Å². The van der Waals surface area contributed by atoms with E-state index in [1.807, 2.05) is 30.3 Å². The van der Waals surface area contributed by atoms with Gasteiger partial charge in [0.1, 0.15) is 0 Å². The highest BCUT2D eigenvalue weighted by Gasteiger charge is 2.01. The molecule has 0 fully saturated rings. The Balaban J connectivity index is 1.68. The molecule has 202 valence electrons. The van der Waals surface area contributed by atoms with E-state index in [1.54, 1.807) is 0 Å². The van der Waals surface area contributed by atoms with Crippen LogP contribution >= 0.6 is 0 Å². The number of amides is 1. The summed E-state index contributed by atoms with van der Waals surface area (Å²) < 4.78 is 0. The fourth-order valence-electron chi connectivity index (χ4n) is 4.99. The minimum Gasteiger partial charge on any atom is -0.326 e. The standard InChI is InChI=1S/C33H59NO/c1-2-3-4-5-6-7-8-9-10-11-12-13-14-15-16-17-18-19-20-21-22-23-24-28-31-33(35)34-32-29-26-25-27-30-32/h25-27,29-30H,2-24,28,31H2,1H3,(H,34,35). The number of anilines is 1. The molecule has 1 amide bonds. The molecule has 0 aliphatic heterocycles. The Bertz CT molecular complexity index is 555. The monoisotopic (exact) mass is 485 g/mol. The Morgan fingerprint density at radius 3 is 1.14 bits per heavy atom. The van der Waals surface area contributed by atoms with Crippen molar-refractivity contribution in [2.75, 3.05) is 5.32 Å². The Hall–Kier alpha value is -1.31. The predicted octanol–water partition coefficient (Wildman–Crippen LogP) is 11.4. The van der Waals surface area contributed by atoms with Gasteiger partial charge in [-0.25, -0.2) is 0 Å². The molecule has 1 rings (SSSR count). The summed E-state index contributed by atoms with van der Waals surface area (Å²) in [7, 11) is 0. The average molecular weight is 486 g/mol. The second-order valence-corrected chi connectivity index (χ2v) is 10.8. The van der Waals surface area contributed by atoms with Crippen LogP contribution in [0, 0.1) is 0 Å². The zero-order valence-corrected chi connectivity index (χ0v) is 23.5. The summed E-state index contributed by atoms with van der Waals surface area (Å²) >= 11 is 0. The Labute approximate surface area is 219 Å². The van der Waals surface area contributed by atoms with E-state index < -0.39 is 0 Å². The molecule has 0 unspecified atom stereocenters. The van der Waals surface area contributed by atoms with Crippen LogP contribution in [-0.4, -0.2) is 5.91 Å². The highest BCUT2D eigenvalue weighted by Crippen LogP contribution is 2.16. The molecule has 0 aliphatic carbocycles. The highest BCUT2D eigenvalue weighted by molar-refractivity contribution is 5.90. The summed E-state index contributed by atoms with van der Waals surface area (Å²) in [6.07, 6.45) is 34.3. The summed E-state index contributed by atoms with van der Waals surface area (Å²) in [5.74, 6) is 0.148. The van der Waals surface area contributed by atoms with Crippen LogP contribution in [-0.2, 0) is 4.79 Å². The molecule has 35 heavy (non-hydrogen) atoms. The normalized spacial score (nSPS) is 11.1. The maximum atomic E-state index is 11.9. The highest BCUT2D eigenvalue weighted by atomic mass is 16.1. The van der Waals surface area contributed by atoms with Gasteiger partial charge in [-0.05, 0) is 18.6 Å². The zero-order chi connectivity index (χ0) is 25.1. The third-order valence-corrected chi connectivity index (χ3v) is 7.31. The molecule has 2 nitrogen and oxygen atoms in total. The van der Waals surface area contributed by atoms with Crippen molar-refractivity contribution in [3.8, 4) is 0 Å². The maximum absolute atomic E-state index is 11.9. The number of hydrogen-bond donors (Lipinski definition) is 1. The van der Waals surface area contributed by atoms with Gasteiger partial charge in [-0.15, -0.1) is 0 Å². The smallest absolute Gasteiger partial charge is 0.224 e. The summed E-state index contributed by atoms with van der Waals surface area (Å²) in [6.45, 7) is 2.30. The number of carbonyl (C=O) groups excluding carboxylic acids is 1. The van der Waals surface area contributed by atoms with Gasteiger partial charge in [0, 0.05) is 12.1 Å². The van der Waals surface area contributed by atoms with E-state index in [-0.39, 0.29) is 5.91 Å². The summed E-state index contributed by atoms with van der Waals surface area (Å²) in [5.41, 5.74) is 0.904. The second kappa shape index (κ2) is 25.8. The van der Waals surface area contributed by atoms with E-state index in [9.17, 15) is 4.79 Å². The summed E-state index contributed by atoms with van der Waals surface area (Å²) in [6, 6.07) is 9.76. The molecule has 0 aliphatic rings. The van der Waals surface area contributed by atoms with Gasteiger partial charge in [0.2, 0.25) is 5.91 Å². The largest absolute Gasteiger partial charge is 0.326 e. The Morgan fingerprint density at radius 2 is 0.800 bits per heavy atom. The molecule has 0 atom stereocenters. The second-order valence-electron chi connectivity index (χ2n) is 10.8. The number of unbranched alkanes of at least 4 members (excludes halogenated alkanes) is 23. The molecule has 0 radical (unpaired) electrons. The first-order valence-electron chi connectivity index (χ1n) is 15.7. The van der Waals surface area contributed by atoms with Crippen LogP contribution in [0.4, 0.5) is 5.69 Å². The summed E-state index contributed by atoms with van der Waals surface area (Å²) in [5, 5.41) is 2.97. The van der Waals surface area contributed by atoms with Gasteiger partial charge in [0.05, 0.1) is 0 Å². The molecule has 1 N–H and O–H groups in total. The van der Waals surface area contributed by atoms with E-state index in [4.69, 9.17) is 0 Å². The Morgan fingerprint density at radius 1 is 0.486 bits per heavy atom. The molecule has 0 aromatic heterocycles. The summed E-state index contributed by atoms with van der Waals surface area (Å²) in [4.78, 5) is 11.9. The van der Waals surface area contributed by atoms with Crippen molar-refractivity contribution < 1.29 is 4.79 Å². The van der Waals surface area contributed by atoms with E-state index in [1.165, 1.54) is 148 Å². The molecule has 0 saturated heterocycles. The third kappa shape index (κ3) is 22.9. The first-order chi connectivity index (χ1) is 17.3. The average Bonchev–Trinajstić information content (AvgIpc) is 2.87. The van der Waals surface area contributed by atoms with Crippen molar-refractivity contribution in [1.29, 1.82) is 0 Å². The lowest BCUT2D eigenvalue weighted by Gasteiger charge is -2.05. The van der Waals surface area contributed by atoms with Crippen LogP contribution in [0.2, 0.25) is 0 Å². The van der Waals surface area contributed by atoms with Crippen molar-refractivity contribution in [2.45, 2.75) is 167 Å². The van der Waals surface area contributed by atoms with Crippen molar-refractivity contribution in [3.05, 3.63) is 30.3 Å².